The Bertz CT molecular complexity index is 149. The van der Waals surface area contributed by atoms with Crippen molar-refractivity contribution >= 4 is 27.5 Å². The minimum atomic E-state index is -0.207. The zero-order chi connectivity index (χ0) is 11.7. The van der Waals surface area contributed by atoms with Crippen LogP contribution in [0.1, 0.15) is 46.5 Å². The Hall–Kier alpha value is 0.730. The van der Waals surface area contributed by atoms with Gasteiger partial charge in [-0.05, 0) is 19.3 Å². The summed E-state index contributed by atoms with van der Waals surface area (Å²) in [6.45, 7) is 7.36. The lowest BCUT2D eigenvalue weighted by molar-refractivity contribution is -0.0177. The van der Waals surface area contributed by atoms with Gasteiger partial charge in [0.05, 0.1) is 18.1 Å². The summed E-state index contributed by atoms with van der Waals surface area (Å²) in [5.74, 6) is 1.23. The van der Waals surface area contributed by atoms with E-state index in [1.165, 1.54) is 25.7 Å². The van der Waals surface area contributed by atoms with Crippen molar-refractivity contribution in [1.82, 2.24) is 0 Å². The molecular weight excluding hydrogens is 275 g/mol. The second kappa shape index (κ2) is 8.83. The number of alkyl halides is 2. The molecule has 0 rings (SSSR count). The van der Waals surface area contributed by atoms with E-state index in [0.717, 1.165) is 11.9 Å². The largest absolute Gasteiger partial charge is 0.373 e. The van der Waals surface area contributed by atoms with Crippen LogP contribution in [0.15, 0.2) is 0 Å². The van der Waals surface area contributed by atoms with Gasteiger partial charge in [-0.2, -0.15) is 0 Å². The summed E-state index contributed by atoms with van der Waals surface area (Å²) >= 11 is 9.33. The molecular formula is C12H24BrClO. The van der Waals surface area contributed by atoms with Crippen LogP contribution in [0.3, 0.4) is 0 Å². The van der Waals surface area contributed by atoms with Gasteiger partial charge in [0, 0.05) is 5.33 Å². The lowest BCUT2D eigenvalue weighted by Crippen LogP contribution is -2.34. The predicted molar refractivity (Wildman–Crippen MR) is 72.2 cm³/mol. The normalized spacial score (nSPS) is 17.4. The second-order valence-corrected chi connectivity index (χ2v) is 5.27. The molecule has 0 fully saturated rings. The summed E-state index contributed by atoms with van der Waals surface area (Å²) < 4.78 is 5.90. The molecule has 0 aliphatic rings. The third-order valence-corrected chi connectivity index (χ3v) is 4.53. The van der Waals surface area contributed by atoms with Crippen LogP contribution in [0.4, 0.5) is 0 Å². The lowest BCUT2D eigenvalue weighted by Gasteiger charge is -2.27. The van der Waals surface area contributed by atoms with Gasteiger partial charge in [-0.15, -0.1) is 11.6 Å². The molecule has 0 heterocycles. The topological polar surface area (TPSA) is 9.23 Å². The van der Waals surface area contributed by atoms with Gasteiger partial charge in [-0.3, -0.25) is 0 Å². The van der Waals surface area contributed by atoms with Crippen molar-refractivity contribution in [3.05, 3.63) is 0 Å². The Morgan fingerprint density at radius 1 is 1.40 bits per heavy atom. The molecule has 0 spiro atoms. The summed E-state index contributed by atoms with van der Waals surface area (Å²) in [6, 6.07) is 0. The number of ether oxygens (including phenoxy) is 1. The van der Waals surface area contributed by atoms with Gasteiger partial charge in [0.15, 0.2) is 0 Å². The van der Waals surface area contributed by atoms with E-state index < -0.39 is 0 Å². The van der Waals surface area contributed by atoms with Crippen LogP contribution in [0.25, 0.3) is 0 Å². The molecule has 0 saturated carbocycles. The van der Waals surface area contributed by atoms with Gasteiger partial charge >= 0.3 is 0 Å². The van der Waals surface area contributed by atoms with Crippen molar-refractivity contribution in [3.8, 4) is 0 Å². The van der Waals surface area contributed by atoms with E-state index >= 15 is 0 Å². The van der Waals surface area contributed by atoms with E-state index in [1.54, 1.807) is 0 Å². The number of hydrogen-bond donors (Lipinski definition) is 0. The fourth-order valence-corrected chi connectivity index (χ4v) is 2.09. The molecule has 3 heteroatoms. The van der Waals surface area contributed by atoms with Crippen molar-refractivity contribution in [2.75, 3.05) is 17.8 Å². The van der Waals surface area contributed by atoms with E-state index in [-0.39, 0.29) is 5.60 Å². The highest BCUT2D eigenvalue weighted by molar-refractivity contribution is 9.09. The van der Waals surface area contributed by atoms with Gasteiger partial charge in [0.1, 0.15) is 0 Å². The summed E-state index contributed by atoms with van der Waals surface area (Å²) in [5, 5.41) is 0.799. The smallest absolute Gasteiger partial charge is 0.0885 e. The third kappa shape index (κ3) is 6.80. The SMILES string of the molecule is CCCCC(CC)COC(C)(CCl)CBr. The number of halogens is 2. The maximum Gasteiger partial charge on any atom is 0.0885 e. The van der Waals surface area contributed by atoms with Gasteiger partial charge < -0.3 is 4.74 Å². The van der Waals surface area contributed by atoms with Gasteiger partial charge in [-0.25, -0.2) is 0 Å². The molecule has 0 radical (unpaired) electrons. The molecule has 0 bridgehead atoms. The van der Waals surface area contributed by atoms with Crippen LogP contribution in [0.5, 0.6) is 0 Å². The standard InChI is InChI=1S/C12H24BrClO/c1-4-6-7-11(5-2)8-15-12(3,9-13)10-14/h11H,4-10H2,1-3H3. The Morgan fingerprint density at radius 2 is 2.07 bits per heavy atom. The van der Waals surface area contributed by atoms with Crippen LogP contribution >= 0.6 is 27.5 Å². The second-order valence-electron chi connectivity index (χ2n) is 4.44. The van der Waals surface area contributed by atoms with Gasteiger partial charge in [-0.1, -0.05) is 49.0 Å². The molecule has 2 atom stereocenters. The maximum atomic E-state index is 5.90. The molecule has 2 unspecified atom stereocenters. The van der Waals surface area contributed by atoms with Crippen molar-refractivity contribution in [3.63, 3.8) is 0 Å². The Kier molecular flexibility index (Phi) is 9.26. The van der Waals surface area contributed by atoms with Crippen LogP contribution in [-0.2, 0) is 4.74 Å². The minimum absolute atomic E-state index is 0.207. The first kappa shape index (κ1) is 15.7. The highest BCUT2D eigenvalue weighted by Gasteiger charge is 2.23. The molecule has 0 saturated heterocycles. The van der Waals surface area contributed by atoms with Crippen LogP contribution < -0.4 is 0 Å². The number of rotatable bonds is 9. The van der Waals surface area contributed by atoms with Crippen molar-refractivity contribution in [1.29, 1.82) is 0 Å². The van der Waals surface area contributed by atoms with E-state index in [9.17, 15) is 0 Å². The fourth-order valence-electron chi connectivity index (χ4n) is 1.33. The Morgan fingerprint density at radius 3 is 2.47 bits per heavy atom. The van der Waals surface area contributed by atoms with Gasteiger partial charge in [0.2, 0.25) is 0 Å². The van der Waals surface area contributed by atoms with E-state index in [4.69, 9.17) is 16.3 Å². The average molecular weight is 300 g/mol. The summed E-state index contributed by atoms with van der Waals surface area (Å²) in [4.78, 5) is 0. The van der Waals surface area contributed by atoms with Crippen LogP contribution in [-0.4, -0.2) is 23.4 Å². The van der Waals surface area contributed by atoms with Crippen molar-refractivity contribution in [2.45, 2.75) is 52.1 Å². The predicted octanol–water partition coefficient (Wildman–Crippen LogP) is 4.61. The number of hydrogen-bond acceptors (Lipinski definition) is 1. The first-order valence-electron chi connectivity index (χ1n) is 5.87. The molecule has 1 nitrogen and oxygen atoms in total. The maximum absolute atomic E-state index is 5.90. The first-order valence-corrected chi connectivity index (χ1v) is 7.53. The molecule has 0 amide bonds. The fraction of sp³-hybridized carbons (Fsp3) is 1.00. The molecule has 0 aliphatic heterocycles. The van der Waals surface area contributed by atoms with Crippen molar-refractivity contribution in [2.24, 2.45) is 5.92 Å². The Balaban J connectivity index is 3.87. The first-order chi connectivity index (χ1) is 7.11. The van der Waals surface area contributed by atoms with E-state index in [0.29, 0.717) is 11.8 Å². The summed E-state index contributed by atoms with van der Waals surface area (Å²) in [5.41, 5.74) is -0.207. The molecule has 92 valence electrons. The highest BCUT2D eigenvalue weighted by atomic mass is 79.9. The molecule has 0 aromatic heterocycles. The molecule has 0 aliphatic carbocycles. The summed E-state index contributed by atoms with van der Waals surface area (Å²) in [7, 11) is 0. The zero-order valence-corrected chi connectivity index (χ0v) is 12.5. The van der Waals surface area contributed by atoms with E-state index in [2.05, 4.69) is 36.7 Å². The Labute approximate surface area is 108 Å². The minimum Gasteiger partial charge on any atom is -0.373 e. The number of unbranched alkanes of at least 4 members (excludes halogenated alkanes) is 1. The molecule has 0 aromatic carbocycles. The molecule has 0 N–H and O–H groups in total. The molecule has 0 aromatic rings. The summed E-state index contributed by atoms with van der Waals surface area (Å²) in [6.07, 6.45) is 5.03. The average Bonchev–Trinajstić information content (AvgIpc) is 2.29. The highest BCUT2D eigenvalue weighted by Crippen LogP contribution is 2.20. The third-order valence-electron chi connectivity index (χ3n) is 2.78. The van der Waals surface area contributed by atoms with E-state index in [1.807, 2.05) is 0 Å². The zero-order valence-electron chi connectivity index (χ0n) is 10.2. The van der Waals surface area contributed by atoms with Crippen molar-refractivity contribution < 1.29 is 4.74 Å². The van der Waals surface area contributed by atoms with Gasteiger partial charge in [0.25, 0.3) is 0 Å². The van der Waals surface area contributed by atoms with Crippen LogP contribution in [0.2, 0.25) is 0 Å². The monoisotopic (exact) mass is 298 g/mol. The quantitative estimate of drug-likeness (QED) is 0.565. The lowest BCUT2D eigenvalue weighted by atomic mass is 10.00. The van der Waals surface area contributed by atoms with Crippen LogP contribution in [0, 0.1) is 5.92 Å². The molecule has 15 heavy (non-hydrogen) atoms.